The third-order valence-corrected chi connectivity index (χ3v) is 11.0. The van der Waals surface area contributed by atoms with Crippen LogP contribution < -0.4 is 4.74 Å². The predicted octanol–water partition coefficient (Wildman–Crippen LogP) is 8.23. The molecule has 0 unspecified atom stereocenters. The Morgan fingerprint density at radius 3 is 2.69 bits per heavy atom. The zero-order valence-corrected chi connectivity index (χ0v) is 31.1. The number of methoxy groups -OCH3 is 2. The zero-order valence-electron chi connectivity index (χ0n) is 29.5. The monoisotopic (exact) mass is 729 g/mol. The molecule has 6 aromatic rings. The van der Waals surface area contributed by atoms with Gasteiger partial charge in [0.25, 0.3) is 0 Å². The molecule has 0 spiro atoms. The third-order valence-electron chi connectivity index (χ3n) is 9.70. The number of carbonyl (C=O) groups excluding carboxylic acids is 1. The highest BCUT2D eigenvalue weighted by Crippen LogP contribution is 2.43. The van der Waals surface area contributed by atoms with E-state index in [0.717, 1.165) is 79.5 Å². The normalized spacial score (nSPS) is 14.0. The highest BCUT2D eigenvalue weighted by molar-refractivity contribution is 7.97. The third kappa shape index (κ3) is 6.74. The summed E-state index contributed by atoms with van der Waals surface area (Å²) in [7, 11) is 5.07. The Morgan fingerprint density at radius 1 is 1.04 bits per heavy atom. The maximum atomic E-state index is 14.4. The molecule has 9 nitrogen and oxygen atoms in total. The number of aromatic nitrogens is 5. The van der Waals surface area contributed by atoms with E-state index >= 15 is 0 Å². The van der Waals surface area contributed by atoms with Crippen molar-refractivity contribution in [2.45, 2.75) is 57.7 Å². The van der Waals surface area contributed by atoms with Crippen molar-refractivity contribution in [2.75, 3.05) is 27.4 Å². The fraction of sp³-hybridized carbons (Fsp3) is 0.359. The smallest absolute Gasteiger partial charge is 0.354 e. The van der Waals surface area contributed by atoms with E-state index < -0.39 is 5.97 Å². The van der Waals surface area contributed by atoms with Crippen LogP contribution in [0.5, 0.6) is 5.75 Å². The van der Waals surface area contributed by atoms with Crippen LogP contribution in [0.4, 0.5) is 4.39 Å². The Bertz CT molecular complexity index is 2280. The van der Waals surface area contributed by atoms with E-state index in [-0.39, 0.29) is 5.82 Å². The van der Waals surface area contributed by atoms with Gasteiger partial charge in [-0.05, 0) is 92.1 Å². The molecule has 0 saturated carbocycles. The lowest BCUT2D eigenvalue weighted by Gasteiger charge is -2.14. The van der Waals surface area contributed by atoms with Crippen LogP contribution in [0.15, 0.2) is 48.5 Å². The first-order valence-electron chi connectivity index (χ1n) is 17.1. The molecule has 12 heteroatoms. The lowest BCUT2D eigenvalue weighted by molar-refractivity contribution is 0.0587. The van der Waals surface area contributed by atoms with Gasteiger partial charge in [-0.3, -0.25) is 9.36 Å². The average molecular weight is 730 g/mol. The molecule has 0 atom stereocenters. The van der Waals surface area contributed by atoms with E-state index in [0.29, 0.717) is 60.7 Å². The summed E-state index contributed by atoms with van der Waals surface area (Å²) >= 11 is 8.88. The van der Waals surface area contributed by atoms with Crippen LogP contribution in [0.2, 0.25) is 5.02 Å². The molecular weight excluding hydrogens is 689 g/mol. The Balaban J connectivity index is 1.38. The summed E-state index contributed by atoms with van der Waals surface area (Å²) in [6, 6.07) is 14.9. The largest absolute Gasteiger partial charge is 0.493 e. The minimum absolute atomic E-state index is 0.287. The van der Waals surface area contributed by atoms with Crippen LogP contribution in [0, 0.1) is 19.7 Å². The van der Waals surface area contributed by atoms with Gasteiger partial charge in [0.1, 0.15) is 17.3 Å². The summed E-state index contributed by atoms with van der Waals surface area (Å²) in [4.78, 5) is 13.4. The fourth-order valence-electron chi connectivity index (χ4n) is 7.35. The second kappa shape index (κ2) is 14.7. The Labute approximate surface area is 305 Å². The van der Waals surface area contributed by atoms with Crippen LogP contribution in [-0.4, -0.2) is 57.5 Å². The van der Waals surface area contributed by atoms with Gasteiger partial charge in [0.2, 0.25) is 0 Å². The molecule has 0 amide bonds. The van der Waals surface area contributed by atoms with Gasteiger partial charge in [0.15, 0.2) is 0 Å². The minimum Gasteiger partial charge on any atom is -0.493 e. The summed E-state index contributed by atoms with van der Waals surface area (Å²) in [6.45, 7) is 5.94. The second-order valence-corrected chi connectivity index (χ2v) is 14.4. The molecule has 3 aromatic heterocycles. The van der Waals surface area contributed by atoms with E-state index in [1.54, 1.807) is 31.0 Å². The van der Waals surface area contributed by atoms with Crippen molar-refractivity contribution >= 4 is 51.0 Å². The molecule has 0 radical (unpaired) electrons. The number of carbonyl (C=O) groups is 1. The molecule has 1 aliphatic heterocycles. The molecule has 1 aliphatic rings. The van der Waals surface area contributed by atoms with Crippen molar-refractivity contribution in [3.05, 3.63) is 99.0 Å². The topological polar surface area (TPSA) is 85.3 Å². The first-order valence-corrected chi connectivity index (χ1v) is 18.6. The Morgan fingerprint density at radius 2 is 1.88 bits per heavy atom. The average Bonchev–Trinajstić information content (AvgIpc) is 3.72. The molecule has 0 aliphatic carbocycles. The fourth-order valence-corrected chi connectivity index (χ4v) is 8.54. The molecule has 266 valence electrons. The van der Waals surface area contributed by atoms with Crippen molar-refractivity contribution in [2.24, 2.45) is 7.05 Å². The number of aryl methyl sites for hydroxylation is 6. The van der Waals surface area contributed by atoms with Gasteiger partial charge in [0, 0.05) is 70.3 Å². The highest BCUT2D eigenvalue weighted by Gasteiger charge is 2.28. The Hall–Kier alpha value is -4.32. The maximum absolute atomic E-state index is 14.4. The second-order valence-electron chi connectivity index (χ2n) is 13.0. The summed E-state index contributed by atoms with van der Waals surface area (Å²) in [5, 5.41) is 12.9. The molecule has 4 heterocycles. The van der Waals surface area contributed by atoms with Crippen LogP contribution in [0.1, 0.15) is 50.8 Å². The SMILES string of the molecule is COCCn1nc(C)c2c1CSCc1cc(n(C)n1)CCc1cc(c3ccc(F)cc3c1)OCCCn1c(C(=O)OC)c(C)c3c-2c(Cl)ccc31. The van der Waals surface area contributed by atoms with Gasteiger partial charge in [-0.15, -0.1) is 11.8 Å². The van der Waals surface area contributed by atoms with E-state index in [1.165, 1.54) is 13.2 Å². The van der Waals surface area contributed by atoms with Crippen molar-refractivity contribution in [3.63, 3.8) is 0 Å². The minimum atomic E-state index is -0.417. The number of hydrogen-bond donors (Lipinski definition) is 0. The van der Waals surface area contributed by atoms with E-state index in [4.69, 9.17) is 36.0 Å². The molecular formula is C39H41ClFN5O4S. The molecule has 51 heavy (non-hydrogen) atoms. The quantitative estimate of drug-likeness (QED) is 0.169. The number of hydrogen-bond acceptors (Lipinski definition) is 7. The summed E-state index contributed by atoms with van der Waals surface area (Å²) < 4.78 is 37.6. The van der Waals surface area contributed by atoms with Crippen LogP contribution in [0.3, 0.4) is 0 Å². The van der Waals surface area contributed by atoms with Gasteiger partial charge in [-0.25, -0.2) is 9.18 Å². The first kappa shape index (κ1) is 35.1. The lowest BCUT2D eigenvalue weighted by Crippen LogP contribution is -2.13. The number of esters is 1. The number of thioether (sulfide) groups is 1. The maximum Gasteiger partial charge on any atom is 0.354 e. The number of nitrogens with zero attached hydrogens (tertiary/aromatic N) is 5. The molecule has 8 bridgehead atoms. The number of halogens is 2. The van der Waals surface area contributed by atoms with E-state index in [2.05, 4.69) is 12.1 Å². The molecule has 0 saturated heterocycles. The van der Waals surface area contributed by atoms with E-state index in [9.17, 15) is 9.18 Å². The van der Waals surface area contributed by atoms with Crippen LogP contribution in [0.25, 0.3) is 32.8 Å². The summed E-state index contributed by atoms with van der Waals surface area (Å²) in [5.41, 5.74) is 9.03. The number of fused-ring (bicyclic) bond motifs is 8. The van der Waals surface area contributed by atoms with Crippen LogP contribution >= 0.6 is 23.4 Å². The Kier molecular flexibility index (Phi) is 10.1. The van der Waals surface area contributed by atoms with Gasteiger partial charge < -0.3 is 18.8 Å². The predicted molar refractivity (Wildman–Crippen MR) is 200 cm³/mol. The van der Waals surface area contributed by atoms with E-state index in [1.807, 2.05) is 53.0 Å². The van der Waals surface area contributed by atoms with Crippen molar-refractivity contribution < 1.29 is 23.4 Å². The highest BCUT2D eigenvalue weighted by atomic mass is 35.5. The van der Waals surface area contributed by atoms with Gasteiger partial charge in [-0.2, -0.15) is 10.2 Å². The van der Waals surface area contributed by atoms with Crippen molar-refractivity contribution in [1.29, 1.82) is 0 Å². The molecule has 7 rings (SSSR count). The van der Waals surface area contributed by atoms with Crippen LogP contribution in [-0.2, 0) is 54.0 Å². The molecule has 0 N–H and O–H groups in total. The summed E-state index contributed by atoms with van der Waals surface area (Å²) in [6.07, 6.45) is 2.12. The van der Waals surface area contributed by atoms with Gasteiger partial charge in [-0.1, -0.05) is 17.7 Å². The van der Waals surface area contributed by atoms with Gasteiger partial charge >= 0.3 is 5.97 Å². The lowest BCUT2D eigenvalue weighted by atomic mass is 9.97. The van der Waals surface area contributed by atoms with Gasteiger partial charge in [0.05, 0.1) is 44.0 Å². The number of benzene rings is 3. The zero-order chi connectivity index (χ0) is 35.8. The number of ether oxygens (including phenoxy) is 3. The number of rotatable bonds is 4. The molecule has 3 aromatic carbocycles. The first-order chi connectivity index (χ1) is 24.7. The summed E-state index contributed by atoms with van der Waals surface area (Å²) in [5.74, 6) is 1.37. The molecule has 0 fully saturated rings. The van der Waals surface area contributed by atoms with Crippen molar-refractivity contribution in [3.8, 4) is 16.9 Å². The van der Waals surface area contributed by atoms with Crippen molar-refractivity contribution in [1.82, 2.24) is 24.1 Å². The standard InChI is InChI=1S/C39H41ClFN5O4S/c1-23-35-32-12-11-31(40)37(35)36-24(2)42-46(14-16-48-4)33(36)22-51-21-28-20-29(44(3)43-28)9-7-25-17-26-19-27(41)8-10-30(26)34(18-25)50-15-6-13-45(32)38(23)39(47)49-5/h8,10-12,17-20H,6-7,9,13-16,21-22H2,1-5H3.